The van der Waals surface area contributed by atoms with Crippen LogP contribution < -0.4 is 15.1 Å². The van der Waals surface area contributed by atoms with E-state index in [1.807, 2.05) is 32.7 Å². The molecule has 8 heteroatoms. The molecule has 7 nitrogen and oxygen atoms in total. The number of benzene rings is 1. The molecule has 2 aliphatic rings. The van der Waals surface area contributed by atoms with Crippen LogP contribution in [0.4, 0.5) is 10.1 Å². The summed E-state index contributed by atoms with van der Waals surface area (Å²) in [5, 5.41) is 9.44. The summed E-state index contributed by atoms with van der Waals surface area (Å²) < 4.78 is 23.0. The number of anilines is 1. The van der Waals surface area contributed by atoms with E-state index >= 15 is 4.39 Å². The number of halogens is 1. The van der Waals surface area contributed by atoms with Gasteiger partial charge in [-0.15, -0.1) is 0 Å². The Morgan fingerprint density at radius 2 is 1.86 bits per heavy atom. The number of hydrogen-bond donors (Lipinski definition) is 1. The summed E-state index contributed by atoms with van der Waals surface area (Å²) in [6, 6.07) is 1.14. The summed E-state index contributed by atoms with van der Waals surface area (Å²) in [5.74, 6) is -1.10. The molecule has 0 bridgehead atoms. The second-order valence-corrected chi connectivity index (χ2v) is 8.65. The molecule has 0 amide bonds. The second-order valence-electron chi connectivity index (χ2n) is 8.65. The van der Waals surface area contributed by atoms with Gasteiger partial charge in [-0.1, -0.05) is 20.8 Å². The molecule has 0 unspecified atom stereocenters. The van der Waals surface area contributed by atoms with Gasteiger partial charge in [-0.2, -0.15) is 0 Å². The van der Waals surface area contributed by atoms with E-state index in [9.17, 15) is 14.7 Å². The molecule has 4 rings (SSSR count). The average Bonchev–Trinajstić information content (AvgIpc) is 2.64. The first kappa shape index (κ1) is 19.4. The molecule has 1 saturated heterocycles. The van der Waals surface area contributed by atoms with Crippen LogP contribution in [0.25, 0.3) is 17.1 Å². The van der Waals surface area contributed by atoms with E-state index in [4.69, 9.17) is 4.74 Å². The number of allylic oxidation sites excluding steroid dienone is 1. The molecule has 0 atom stereocenters. The van der Waals surface area contributed by atoms with Gasteiger partial charge in [-0.05, 0) is 13.1 Å². The maximum atomic E-state index is 15.3. The standard InChI is InChI=1S/C21H24FN3O4/c1-21(2,3)15-11-25-10-13(20(27)28)18(26)12-9-14(22)17(19(29-15)16(12)25)24-7-5-23(4)6-8-24/h9-11H,5-8H2,1-4H3,(H,27,28). The Morgan fingerprint density at radius 1 is 1.21 bits per heavy atom. The molecule has 29 heavy (non-hydrogen) atoms. The predicted molar refractivity (Wildman–Crippen MR) is 109 cm³/mol. The minimum atomic E-state index is -1.34. The van der Waals surface area contributed by atoms with Crippen LogP contribution in [0.5, 0.6) is 5.75 Å². The number of likely N-dealkylation sites (N-methyl/N-ethyl adjacent to an activating group) is 1. The monoisotopic (exact) mass is 401 g/mol. The molecule has 0 radical (unpaired) electrons. The highest BCUT2D eigenvalue weighted by Crippen LogP contribution is 2.44. The Bertz CT molecular complexity index is 1110. The Labute approximate surface area is 167 Å². The Kier molecular flexibility index (Phi) is 4.42. The number of ether oxygens (including phenoxy) is 1. The van der Waals surface area contributed by atoms with Crippen molar-refractivity contribution in [1.82, 2.24) is 9.47 Å². The molecule has 1 aromatic carbocycles. The van der Waals surface area contributed by atoms with Crippen LogP contribution in [0.1, 0.15) is 31.1 Å². The van der Waals surface area contributed by atoms with Crippen molar-refractivity contribution in [2.45, 2.75) is 20.8 Å². The summed E-state index contributed by atoms with van der Waals surface area (Å²) in [6.45, 7) is 8.68. The second kappa shape index (κ2) is 6.59. The number of aromatic carboxylic acids is 1. The third-order valence-corrected chi connectivity index (χ3v) is 5.46. The minimum absolute atomic E-state index is 0.000475. The molecule has 0 aliphatic carbocycles. The number of hydrogen-bond acceptors (Lipinski definition) is 5. The van der Waals surface area contributed by atoms with Crippen molar-refractivity contribution >= 4 is 28.8 Å². The summed E-state index contributed by atoms with van der Waals surface area (Å²) in [4.78, 5) is 28.4. The largest absolute Gasteiger partial charge is 0.477 e. The van der Waals surface area contributed by atoms with Crippen molar-refractivity contribution in [3.8, 4) is 5.75 Å². The highest BCUT2D eigenvalue weighted by molar-refractivity contribution is 5.98. The fourth-order valence-electron chi connectivity index (χ4n) is 3.73. The van der Waals surface area contributed by atoms with Crippen LogP contribution in [0.3, 0.4) is 0 Å². The van der Waals surface area contributed by atoms with Gasteiger partial charge in [-0.3, -0.25) is 4.79 Å². The van der Waals surface area contributed by atoms with Gasteiger partial charge in [-0.25, -0.2) is 9.18 Å². The minimum Gasteiger partial charge on any atom is -0.477 e. The van der Waals surface area contributed by atoms with Crippen LogP contribution in [-0.4, -0.2) is 53.8 Å². The van der Waals surface area contributed by atoms with E-state index < -0.39 is 28.2 Å². The first-order chi connectivity index (χ1) is 13.6. The van der Waals surface area contributed by atoms with Gasteiger partial charge in [0, 0.05) is 44.0 Å². The molecule has 0 saturated carbocycles. The normalized spacial score (nSPS) is 17.3. The van der Waals surface area contributed by atoms with Crippen molar-refractivity contribution in [2.75, 3.05) is 38.1 Å². The van der Waals surface area contributed by atoms with E-state index in [1.165, 1.54) is 6.20 Å². The van der Waals surface area contributed by atoms with E-state index in [1.54, 1.807) is 10.8 Å². The van der Waals surface area contributed by atoms with E-state index in [-0.39, 0.29) is 11.1 Å². The highest BCUT2D eigenvalue weighted by Gasteiger charge is 2.32. The molecular weight excluding hydrogens is 377 g/mol. The smallest absolute Gasteiger partial charge is 0.341 e. The number of rotatable bonds is 2. The number of pyridine rings is 1. The lowest BCUT2D eigenvalue weighted by Gasteiger charge is -2.37. The quantitative estimate of drug-likeness (QED) is 0.834. The number of piperazine rings is 1. The Hall–Kier alpha value is -2.87. The molecule has 1 fully saturated rings. The van der Waals surface area contributed by atoms with Crippen LogP contribution >= 0.6 is 0 Å². The summed E-state index contributed by atoms with van der Waals surface area (Å²) in [5.41, 5.74) is -0.811. The van der Waals surface area contributed by atoms with Crippen LogP contribution in [0.15, 0.2) is 22.8 Å². The Morgan fingerprint density at radius 3 is 2.45 bits per heavy atom. The maximum absolute atomic E-state index is 15.3. The van der Waals surface area contributed by atoms with Gasteiger partial charge in [0.1, 0.15) is 22.5 Å². The molecule has 2 aliphatic heterocycles. The van der Waals surface area contributed by atoms with E-state index in [0.717, 1.165) is 19.2 Å². The van der Waals surface area contributed by atoms with Crippen LogP contribution in [0.2, 0.25) is 0 Å². The molecule has 0 spiro atoms. The van der Waals surface area contributed by atoms with E-state index in [0.29, 0.717) is 30.1 Å². The topological polar surface area (TPSA) is 75.0 Å². The number of carboxylic acid groups (broad SMARTS) is 1. The van der Waals surface area contributed by atoms with Gasteiger partial charge in [0.15, 0.2) is 11.6 Å². The van der Waals surface area contributed by atoms with Crippen molar-refractivity contribution < 1.29 is 19.0 Å². The van der Waals surface area contributed by atoms with Crippen LogP contribution in [-0.2, 0) is 0 Å². The van der Waals surface area contributed by atoms with Crippen molar-refractivity contribution in [3.05, 3.63) is 39.6 Å². The number of carbonyl (C=O) groups is 1. The number of aromatic nitrogens is 1. The zero-order chi connectivity index (χ0) is 21.1. The lowest BCUT2D eigenvalue weighted by Crippen LogP contribution is -2.45. The van der Waals surface area contributed by atoms with Gasteiger partial charge >= 0.3 is 5.97 Å². The van der Waals surface area contributed by atoms with Gasteiger partial charge in [0.2, 0.25) is 5.43 Å². The summed E-state index contributed by atoms with van der Waals surface area (Å²) >= 11 is 0. The third kappa shape index (κ3) is 3.17. The van der Waals surface area contributed by atoms with Crippen molar-refractivity contribution in [3.63, 3.8) is 0 Å². The molecule has 2 aromatic rings. The third-order valence-electron chi connectivity index (χ3n) is 5.46. The number of carboxylic acids is 1. The molecule has 3 heterocycles. The predicted octanol–water partition coefficient (Wildman–Crippen LogP) is 2.83. The zero-order valence-corrected chi connectivity index (χ0v) is 17.0. The summed E-state index contributed by atoms with van der Waals surface area (Å²) in [6.07, 6.45) is 2.96. The maximum Gasteiger partial charge on any atom is 0.341 e. The average molecular weight is 401 g/mol. The molecule has 1 N–H and O–H groups in total. The van der Waals surface area contributed by atoms with Crippen molar-refractivity contribution in [2.24, 2.45) is 5.41 Å². The molecule has 1 aromatic heterocycles. The van der Waals surface area contributed by atoms with Crippen molar-refractivity contribution in [1.29, 1.82) is 0 Å². The zero-order valence-electron chi connectivity index (χ0n) is 17.0. The lowest BCUT2D eigenvalue weighted by molar-refractivity contribution is 0.0695. The Balaban J connectivity index is 2.03. The SMILES string of the molecule is CN1CCN(c2c(F)cc3c(=O)c(C(=O)O)cn4c3c2OC(C(C)(C)C)=C4)CC1. The first-order valence-corrected chi connectivity index (χ1v) is 9.56. The molecule has 154 valence electrons. The van der Waals surface area contributed by atoms with Gasteiger partial charge in [0.05, 0.1) is 5.39 Å². The van der Waals surface area contributed by atoms with E-state index in [2.05, 4.69) is 4.90 Å². The van der Waals surface area contributed by atoms with Gasteiger partial charge in [0.25, 0.3) is 0 Å². The summed E-state index contributed by atoms with van der Waals surface area (Å²) in [7, 11) is 2.01. The fraction of sp³-hybridized carbons (Fsp3) is 0.429. The van der Waals surface area contributed by atoms with Crippen LogP contribution in [0, 0.1) is 11.2 Å². The molecular formula is C21H24FN3O4. The fourth-order valence-corrected chi connectivity index (χ4v) is 3.73. The van der Waals surface area contributed by atoms with Gasteiger partial charge < -0.3 is 24.2 Å². The highest BCUT2D eigenvalue weighted by atomic mass is 19.1. The lowest BCUT2D eigenvalue weighted by atomic mass is 9.93. The number of nitrogens with zero attached hydrogens (tertiary/aromatic N) is 3. The first-order valence-electron chi connectivity index (χ1n) is 9.56.